The number of rotatable bonds is 3. The Balaban J connectivity index is 1.75. The van der Waals surface area contributed by atoms with E-state index in [4.69, 9.17) is 11.6 Å². The van der Waals surface area contributed by atoms with Crippen LogP contribution < -0.4 is 0 Å². The minimum atomic E-state index is -3.66. The van der Waals surface area contributed by atoms with Crippen LogP contribution in [-0.4, -0.2) is 40.8 Å². The van der Waals surface area contributed by atoms with Gasteiger partial charge in [-0.2, -0.15) is 4.31 Å². The van der Waals surface area contributed by atoms with Gasteiger partial charge in [-0.15, -0.1) is 5.10 Å². The monoisotopic (exact) mass is 344 g/mol. The Morgan fingerprint density at radius 2 is 2.00 bits per heavy atom. The summed E-state index contributed by atoms with van der Waals surface area (Å²) in [5, 5.41) is 7.51. The molecule has 0 unspecified atom stereocenters. The molecule has 1 saturated heterocycles. The molecular formula is C13H14ClFN4O2S. The number of hydrogen-bond donors (Lipinski definition) is 0. The highest BCUT2D eigenvalue weighted by Crippen LogP contribution is 2.27. The van der Waals surface area contributed by atoms with Crippen LogP contribution in [0.3, 0.4) is 0 Å². The molecule has 0 atom stereocenters. The highest BCUT2D eigenvalue weighted by molar-refractivity contribution is 7.89. The largest absolute Gasteiger partial charge is 0.249 e. The molecule has 1 aromatic heterocycles. The molecular weight excluding hydrogens is 331 g/mol. The molecule has 0 amide bonds. The van der Waals surface area contributed by atoms with Crippen LogP contribution >= 0.6 is 11.6 Å². The van der Waals surface area contributed by atoms with Crippen LogP contribution in [0.2, 0.25) is 5.02 Å². The first-order valence-corrected chi connectivity index (χ1v) is 8.61. The van der Waals surface area contributed by atoms with Crippen LogP contribution in [0.25, 0.3) is 0 Å². The van der Waals surface area contributed by atoms with Crippen molar-refractivity contribution in [3.8, 4) is 0 Å². The quantitative estimate of drug-likeness (QED) is 0.855. The van der Waals surface area contributed by atoms with Crippen molar-refractivity contribution < 1.29 is 12.8 Å². The van der Waals surface area contributed by atoms with Crippen molar-refractivity contribution in [2.24, 2.45) is 0 Å². The van der Waals surface area contributed by atoms with Gasteiger partial charge in [0.05, 0.1) is 22.2 Å². The Morgan fingerprint density at radius 1 is 1.27 bits per heavy atom. The van der Waals surface area contributed by atoms with Gasteiger partial charge in [0.1, 0.15) is 5.82 Å². The molecule has 1 aromatic carbocycles. The van der Waals surface area contributed by atoms with Crippen molar-refractivity contribution in [2.75, 3.05) is 13.1 Å². The lowest BCUT2D eigenvalue weighted by Gasteiger charge is -2.31. The van der Waals surface area contributed by atoms with Gasteiger partial charge in [0, 0.05) is 19.3 Å². The number of nitrogens with zero attached hydrogens (tertiary/aromatic N) is 4. The molecule has 0 aliphatic carbocycles. The Morgan fingerprint density at radius 3 is 2.59 bits per heavy atom. The number of halogens is 2. The number of benzene rings is 1. The third-order valence-electron chi connectivity index (χ3n) is 3.77. The smallest absolute Gasteiger partial charge is 0.243 e. The number of aromatic nitrogens is 3. The second-order valence-electron chi connectivity index (χ2n) is 5.09. The van der Waals surface area contributed by atoms with E-state index < -0.39 is 15.8 Å². The molecule has 0 radical (unpaired) electrons. The van der Waals surface area contributed by atoms with Crippen molar-refractivity contribution in [3.05, 3.63) is 41.4 Å². The second-order valence-corrected chi connectivity index (χ2v) is 7.44. The van der Waals surface area contributed by atoms with Crippen LogP contribution in [0, 0.1) is 5.82 Å². The van der Waals surface area contributed by atoms with Gasteiger partial charge in [-0.25, -0.2) is 17.5 Å². The topological polar surface area (TPSA) is 68.1 Å². The summed E-state index contributed by atoms with van der Waals surface area (Å²) in [5.74, 6) is -0.634. The van der Waals surface area contributed by atoms with Crippen LogP contribution in [0.4, 0.5) is 4.39 Å². The Bertz CT molecular complexity index is 758. The van der Waals surface area contributed by atoms with E-state index in [2.05, 4.69) is 10.3 Å². The fraction of sp³-hybridized carbons (Fsp3) is 0.385. The normalized spacial score (nSPS) is 17.7. The molecule has 22 heavy (non-hydrogen) atoms. The SMILES string of the molecule is O=S(=O)(c1ccc(F)c(Cl)c1)N1CCC(n2ccnn2)CC1. The number of sulfonamides is 1. The average Bonchev–Trinajstić information content (AvgIpc) is 3.04. The van der Waals surface area contributed by atoms with Gasteiger partial charge in [0.25, 0.3) is 0 Å². The van der Waals surface area contributed by atoms with E-state index in [0.717, 1.165) is 12.1 Å². The van der Waals surface area contributed by atoms with E-state index in [1.807, 2.05) is 0 Å². The summed E-state index contributed by atoms with van der Waals surface area (Å²) >= 11 is 5.67. The van der Waals surface area contributed by atoms with E-state index in [1.165, 1.54) is 10.4 Å². The minimum Gasteiger partial charge on any atom is -0.249 e. The second kappa shape index (κ2) is 5.94. The van der Waals surface area contributed by atoms with E-state index >= 15 is 0 Å². The van der Waals surface area contributed by atoms with Crippen LogP contribution in [0.15, 0.2) is 35.5 Å². The molecule has 1 aliphatic rings. The predicted molar refractivity (Wildman–Crippen MR) is 78.5 cm³/mol. The highest BCUT2D eigenvalue weighted by atomic mass is 35.5. The molecule has 3 rings (SSSR count). The average molecular weight is 345 g/mol. The van der Waals surface area contributed by atoms with E-state index in [9.17, 15) is 12.8 Å². The van der Waals surface area contributed by atoms with Gasteiger partial charge in [0.15, 0.2) is 0 Å². The Labute approximate surface area is 132 Å². The number of hydrogen-bond acceptors (Lipinski definition) is 4. The molecule has 1 fully saturated rings. The maximum atomic E-state index is 13.2. The first-order chi connectivity index (χ1) is 10.5. The number of piperidine rings is 1. The molecule has 0 bridgehead atoms. The van der Waals surface area contributed by atoms with Crippen LogP contribution in [0.1, 0.15) is 18.9 Å². The lowest BCUT2D eigenvalue weighted by atomic mass is 10.1. The van der Waals surface area contributed by atoms with Gasteiger partial charge in [-0.05, 0) is 31.0 Å². The van der Waals surface area contributed by atoms with Crippen LogP contribution in [-0.2, 0) is 10.0 Å². The summed E-state index contributed by atoms with van der Waals surface area (Å²) in [7, 11) is -3.66. The summed E-state index contributed by atoms with van der Waals surface area (Å²) in [6.07, 6.45) is 4.67. The third-order valence-corrected chi connectivity index (χ3v) is 5.95. The van der Waals surface area contributed by atoms with Crippen LogP contribution in [0.5, 0.6) is 0 Å². The maximum Gasteiger partial charge on any atom is 0.243 e. The van der Waals surface area contributed by atoms with Gasteiger partial charge in [-0.3, -0.25) is 0 Å². The zero-order valence-electron chi connectivity index (χ0n) is 11.6. The summed E-state index contributed by atoms with van der Waals surface area (Å²) in [4.78, 5) is 0.0121. The van der Waals surface area contributed by atoms with Crippen molar-refractivity contribution in [3.63, 3.8) is 0 Å². The lowest BCUT2D eigenvalue weighted by molar-refractivity contribution is 0.258. The van der Waals surface area contributed by atoms with Crippen molar-refractivity contribution in [1.29, 1.82) is 0 Å². The zero-order chi connectivity index (χ0) is 15.7. The Kier molecular flexibility index (Phi) is 4.16. The zero-order valence-corrected chi connectivity index (χ0v) is 13.1. The molecule has 118 valence electrons. The van der Waals surface area contributed by atoms with E-state index in [0.29, 0.717) is 25.9 Å². The fourth-order valence-corrected chi connectivity index (χ4v) is 4.29. The molecule has 0 saturated carbocycles. The van der Waals surface area contributed by atoms with Crippen molar-refractivity contribution in [1.82, 2.24) is 19.3 Å². The van der Waals surface area contributed by atoms with E-state index in [-0.39, 0.29) is 16.0 Å². The summed E-state index contributed by atoms with van der Waals surface area (Å²) < 4.78 is 41.4. The predicted octanol–water partition coefficient (Wildman–Crippen LogP) is 2.10. The molecule has 9 heteroatoms. The molecule has 1 aliphatic heterocycles. The van der Waals surface area contributed by atoms with Crippen molar-refractivity contribution >= 4 is 21.6 Å². The molecule has 2 heterocycles. The molecule has 6 nitrogen and oxygen atoms in total. The highest BCUT2D eigenvalue weighted by Gasteiger charge is 2.30. The maximum absolute atomic E-state index is 13.2. The molecule has 0 N–H and O–H groups in total. The standard InChI is InChI=1S/C13H14ClFN4O2S/c14-12-9-11(1-2-13(12)15)22(20,21)18-6-3-10(4-7-18)19-8-5-16-17-19/h1-2,5,8-10H,3-4,6-7H2. The molecule has 2 aromatic rings. The minimum absolute atomic E-state index is 0.0121. The Hall–Kier alpha value is -1.51. The lowest BCUT2D eigenvalue weighted by Crippen LogP contribution is -2.39. The van der Waals surface area contributed by atoms with Gasteiger partial charge >= 0.3 is 0 Å². The van der Waals surface area contributed by atoms with E-state index in [1.54, 1.807) is 17.1 Å². The summed E-state index contributed by atoms with van der Waals surface area (Å²) in [6, 6.07) is 3.60. The van der Waals surface area contributed by atoms with Crippen molar-refractivity contribution in [2.45, 2.75) is 23.8 Å². The molecule has 0 spiro atoms. The summed E-state index contributed by atoms with van der Waals surface area (Å²) in [5.41, 5.74) is 0. The van der Waals surface area contributed by atoms with Gasteiger partial charge in [0.2, 0.25) is 10.0 Å². The first-order valence-electron chi connectivity index (χ1n) is 6.79. The third kappa shape index (κ3) is 2.86. The first kappa shape index (κ1) is 15.4. The van der Waals surface area contributed by atoms with Gasteiger partial charge < -0.3 is 0 Å². The summed E-state index contributed by atoms with van der Waals surface area (Å²) in [6.45, 7) is 0.754. The van der Waals surface area contributed by atoms with Gasteiger partial charge in [-0.1, -0.05) is 16.8 Å². The fourth-order valence-electron chi connectivity index (χ4n) is 2.55.